The molecule has 5 aromatic carbocycles. The quantitative estimate of drug-likeness (QED) is 0.0301. The molecule has 0 amide bonds. The van der Waals surface area contributed by atoms with Gasteiger partial charge < -0.3 is 19.3 Å². The Kier molecular flexibility index (Phi) is 12.6. The van der Waals surface area contributed by atoms with Crippen LogP contribution in [-0.4, -0.2) is 48.8 Å². The van der Waals surface area contributed by atoms with Gasteiger partial charge in [-0.15, -0.1) is 0 Å². The van der Waals surface area contributed by atoms with Crippen LogP contribution in [0.15, 0.2) is 48.5 Å². The summed E-state index contributed by atoms with van der Waals surface area (Å²) in [4.78, 5) is 53.3. The highest BCUT2D eigenvalue weighted by atomic mass is 16.5. The van der Waals surface area contributed by atoms with E-state index in [4.69, 9.17) is 14.2 Å². The molecule has 0 saturated carbocycles. The number of esters is 3. The highest BCUT2D eigenvalue weighted by Gasteiger charge is 2.27. The van der Waals surface area contributed by atoms with Gasteiger partial charge in [-0.3, -0.25) is 0 Å². The lowest BCUT2D eigenvalue weighted by molar-refractivity contribution is 0.0487. The predicted molar refractivity (Wildman–Crippen MR) is 198 cm³/mol. The lowest BCUT2D eigenvalue weighted by Gasteiger charge is -2.20. The largest absolute Gasteiger partial charge is 0.478 e. The first-order chi connectivity index (χ1) is 24.3. The van der Waals surface area contributed by atoms with E-state index in [-0.39, 0.29) is 42.1 Å². The van der Waals surface area contributed by atoms with E-state index >= 15 is 0 Å². The second-order valence-electron chi connectivity index (χ2n) is 13.0. The van der Waals surface area contributed by atoms with E-state index in [9.17, 15) is 24.3 Å². The van der Waals surface area contributed by atoms with Crippen molar-refractivity contribution in [3.05, 3.63) is 70.8 Å². The Morgan fingerprint density at radius 2 is 0.720 bits per heavy atom. The summed E-state index contributed by atoms with van der Waals surface area (Å²) in [5.74, 6) is -2.76. The van der Waals surface area contributed by atoms with Crippen LogP contribution in [0.5, 0.6) is 0 Å². The van der Waals surface area contributed by atoms with E-state index in [2.05, 4.69) is 20.8 Å². The number of carbonyl (C=O) groups excluding carboxylic acids is 3. The molecule has 0 aliphatic heterocycles. The molecule has 0 radical (unpaired) electrons. The van der Waals surface area contributed by atoms with Gasteiger partial charge >= 0.3 is 23.9 Å². The lowest BCUT2D eigenvalue weighted by atomic mass is 9.84. The first-order valence-electron chi connectivity index (χ1n) is 18.3. The lowest BCUT2D eigenvalue weighted by Crippen LogP contribution is -2.12. The highest BCUT2D eigenvalue weighted by molar-refractivity contribution is 6.38. The number of ether oxygens (including phenoxy) is 3. The van der Waals surface area contributed by atoms with Crippen LogP contribution >= 0.6 is 0 Å². The summed E-state index contributed by atoms with van der Waals surface area (Å²) >= 11 is 0. The molecule has 0 saturated heterocycles. The predicted octanol–water partition coefficient (Wildman–Crippen LogP) is 10.6. The number of carboxylic acids is 1. The minimum Gasteiger partial charge on any atom is -0.478 e. The maximum atomic E-state index is 13.7. The van der Waals surface area contributed by atoms with E-state index in [1.54, 1.807) is 30.3 Å². The number of hydrogen-bond donors (Lipinski definition) is 1. The van der Waals surface area contributed by atoms with Gasteiger partial charge in [0.05, 0.1) is 42.1 Å². The Labute approximate surface area is 293 Å². The molecular weight excluding hydrogens is 632 g/mol. The Hall–Kier alpha value is -4.72. The molecule has 0 spiro atoms. The van der Waals surface area contributed by atoms with Crippen LogP contribution in [0.2, 0.25) is 0 Å². The van der Waals surface area contributed by atoms with Crippen LogP contribution in [0.3, 0.4) is 0 Å². The van der Waals surface area contributed by atoms with Crippen LogP contribution in [0.1, 0.15) is 139 Å². The molecule has 8 nitrogen and oxygen atoms in total. The summed E-state index contributed by atoms with van der Waals surface area (Å²) < 4.78 is 17.1. The average Bonchev–Trinajstić information content (AvgIpc) is 3.12. The molecule has 5 rings (SSSR count). The smallest absolute Gasteiger partial charge is 0.338 e. The van der Waals surface area contributed by atoms with Crippen molar-refractivity contribution in [2.45, 2.75) is 97.8 Å². The molecule has 264 valence electrons. The standard InChI is InChI=1S/C42H48O8/c1-4-7-10-13-24-48-40(45)32-21-17-28-30-19-23-34(42(47)50-26-15-12-9-6-3)38-33(41(46)49-25-14-11-8-5-2)22-18-29(36(30)38)27-16-20-31(39(43)44)37(32)35(27)28/h16-23H,4-15,24-26H2,1-3H3,(H,43,44). The van der Waals surface area contributed by atoms with Gasteiger partial charge in [-0.05, 0) is 75.8 Å². The van der Waals surface area contributed by atoms with Crippen LogP contribution in [0.25, 0.3) is 43.1 Å². The van der Waals surface area contributed by atoms with Crippen LogP contribution < -0.4 is 0 Å². The van der Waals surface area contributed by atoms with Crippen molar-refractivity contribution in [1.29, 1.82) is 0 Å². The number of carboxylic acid groups (broad SMARTS) is 1. The summed E-state index contributed by atoms with van der Waals surface area (Å²) in [5.41, 5.74) is 0.716. The van der Waals surface area contributed by atoms with Gasteiger partial charge in [0.25, 0.3) is 0 Å². The van der Waals surface area contributed by atoms with Crippen molar-refractivity contribution in [2.24, 2.45) is 0 Å². The highest BCUT2D eigenvalue weighted by Crippen LogP contribution is 2.44. The molecule has 0 bridgehead atoms. The number of benzene rings is 5. The first kappa shape index (κ1) is 36.6. The molecule has 0 aliphatic rings. The summed E-state index contributed by atoms with van der Waals surface area (Å²) in [5, 5.41) is 15.1. The number of rotatable bonds is 19. The molecule has 5 aromatic rings. The van der Waals surface area contributed by atoms with E-state index in [0.29, 0.717) is 43.1 Å². The Morgan fingerprint density at radius 1 is 0.420 bits per heavy atom. The zero-order valence-corrected chi connectivity index (χ0v) is 29.5. The number of carbonyl (C=O) groups is 4. The second kappa shape index (κ2) is 17.3. The first-order valence-corrected chi connectivity index (χ1v) is 18.3. The fourth-order valence-electron chi connectivity index (χ4n) is 6.89. The topological polar surface area (TPSA) is 116 Å². The maximum absolute atomic E-state index is 13.7. The molecule has 8 heteroatoms. The van der Waals surface area contributed by atoms with Crippen molar-refractivity contribution in [3.63, 3.8) is 0 Å². The monoisotopic (exact) mass is 680 g/mol. The van der Waals surface area contributed by atoms with E-state index in [1.165, 1.54) is 6.07 Å². The Balaban J connectivity index is 1.69. The third-order valence-electron chi connectivity index (χ3n) is 9.48. The SMILES string of the molecule is CCCCCCOC(=O)c1ccc2c3ccc(C(=O)OCCCCCC)c4c(C(=O)OCCCCCC)ccc(c5ccc(C(=O)O)c1c52)c43. The van der Waals surface area contributed by atoms with Gasteiger partial charge in [0.15, 0.2) is 0 Å². The number of aromatic carboxylic acids is 1. The fourth-order valence-corrected chi connectivity index (χ4v) is 6.89. The minimum atomic E-state index is -1.16. The van der Waals surface area contributed by atoms with E-state index in [0.717, 1.165) is 77.0 Å². The maximum Gasteiger partial charge on any atom is 0.338 e. The molecule has 0 fully saturated rings. The Morgan fingerprint density at radius 3 is 1.02 bits per heavy atom. The van der Waals surface area contributed by atoms with Gasteiger partial charge in [0, 0.05) is 10.8 Å². The van der Waals surface area contributed by atoms with Crippen molar-refractivity contribution in [2.75, 3.05) is 19.8 Å². The molecule has 1 N–H and O–H groups in total. The van der Waals surface area contributed by atoms with Crippen LogP contribution in [0.4, 0.5) is 0 Å². The van der Waals surface area contributed by atoms with E-state index < -0.39 is 23.9 Å². The van der Waals surface area contributed by atoms with Gasteiger partial charge in [0.2, 0.25) is 0 Å². The third kappa shape index (κ3) is 7.69. The normalized spacial score (nSPS) is 11.5. The zero-order valence-electron chi connectivity index (χ0n) is 29.5. The third-order valence-corrected chi connectivity index (χ3v) is 9.48. The molecule has 0 unspecified atom stereocenters. The van der Waals surface area contributed by atoms with Crippen molar-refractivity contribution in [3.8, 4) is 0 Å². The van der Waals surface area contributed by atoms with Gasteiger partial charge in [-0.2, -0.15) is 0 Å². The summed E-state index contributed by atoms with van der Waals surface area (Å²) in [7, 11) is 0. The average molecular weight is 681 g/mol. The number of hydrogen-bond acceptors (Lipinski definition) is 7. The summed E-state index contributed by atoms with van der Waals surface area (Å²) in [6, 6.07) is 13.6. The van der Waals surface area contributed by atoms with Gasteiger partial charge in [-0.1, -0.05) is 103 Å². The van der Waals surface area contributed by atoms with Crippen molar-refractivity contribution in [1.82, 2.24) is 0 Å². The molecule has 0 aliphatic carbocycles. The molecular formula is C42H48O8. The van der Waals surface area contributed by atoms with Crippen LogP contribution in [0, 0.1) is 0 Å². The molecule has 0 aromatic heterocycles. The van der Waals surface area contributed by atoms with E-state index in [1.807, 2.05) is 12.1 Å². The molecule has 50 heavy (non-hydrogen) atoms. The van der Waals surface area contributed by atoms with Crippen LogP contribution in [-0.2, 0) is 14.2 Å². The summed E-state index contributed by atoms with van der Waals surface area (Å²) in [6.45, 7) is 7.15. The molecule has 0 atom stereocenters. The minimum absolute atomic E-state index is 0.00484. The van der Waals surface area contributed by atoms with Gasteiger partial charge in [-0.25, -0.2) is 19.2 Å². The zero-order chi connectivity index (χ0) is 35.6. The second-order valence-corrected chi connectivity index (χ2v) is 13.0. The number of fused-ring (bicyclic) bond motifs is 2. The van der Waals surface area contributed by atoms with Crippen molar-refractivity contribution >= 4 is 67.0 Å². The summed E-state index contributed by atoms with van der Waals surface area (Å²) in [6.07, 6.45) is 11.4. The van der Waals surface area contributed by atoms with Gasteiger partial charge in [0.1, 0.15) is 0 Å². The van der Waals surface area contributed by atoms with Crippen molar-refractivity contribution < 1.29 is 38.5 Å². The number of unbranched alkanes of at least 4 members (excludes halogenated alkanes) is 9. The fraction of sp³-hybridized carbons (Fsp3) is 0.429. The Bertz CT molecular complexity index is 1910. The molecule has 0 heterocycles.